The second-order valence-corrected chi connectivity index (χ2v) is 7.57. The average Bonchev–Trinajstić information content (AvgIpc) is 3.05. The van der Waals surface area contributed by atoms with E-state index >= 15 is 0 Å². The van der Waals surface area contributed by atoms with Crippen molar-refractivity contribution in [1.29, 1.82) is 0 Å². The van der Waals surface area contributed by atoms with Crippen molar-refractivity contribution in [1.82, 2.24) is 0 Å². The summed E-state index contributed by atoms with van der Waals surface area (Å²) in [5, 5.41) is 2.31. The number of anilines is 2. The Bertz CT molecular complexity index is 960. The first-order valence-electron chi connectivity index (χ1n) is 7.85. The summed E-state index contributed by atoms with van der Waals surface area (Å²) in [5.41, 5.74) is -1.03. The molecule has 0 saturated heterocycles. The lowest BCUT2D eigenvalue weighted by Crippen LogP contribution is -2.47. The Morgan fingerprint density at radius 2 is 2.00 bits per heavy atom. The lowest BCUT2D eigenvalue weighted by atomic mass is 10.1. The first-order valence-corrected chi connectivity index (χ1v) is 9.04. The molecule has 3 rings (SSSR count). The number of carbonyl (C=O) groups excluding carboxylic acids is 3. The summed E-state index contributed by atoms with van der Waals surface area (Å²) < 4.78 is 44.1. The van der Waals surface area contributed by atoms with Crippen molar-refractivity contribution in [2.24, 2.45) is 0 Å². The lowest BCUT2D eigenvalue weighted by molar-refractivity contribution is -0.137. The number of amides is 2. The quantitative estimate of drug-likeness (QED) is 0.745. The monoisotopic (exact) mass is 432 g/mol. The van der Waals surface area contributed by atoms with Crippen LogP contribution in [-0.2, 0) is 20.5 Å². The highest BCUT2D eigenvalue weighted by molar-refractivity contribution is 7.17. The van der Waals surface area contributed by atoms with E-state index in [4.69, 9.17) is 16.3 Å². The molecule has 6 nitrogen and oxygen atoms in total. The first-order chi connectivity index (χ1) is 13.1. The zero-order valence-electron chi connectivity index (χ0n) is 14.2. The van der Waals surface area contributed by atoms with E-state index in [1.807, 2.05) is 0 Å². The van der Waals surface area contributed by atoms with Crippen LogP contribution in [-0.4, -0.2) is 30.4 Å². The zero-order valence-corrected chi connectivity index (χ0v) is 15.7. The summed E-state index contributed by atoms with van der Waals surface area (Å²) in [6.07, 6.45) is -5.87. The summed E-state index contributed by atoms with van der Waals surface area (Å²) in [5.74, 6) is -2.18. The van der Waals surface area contributed by atoms with Gasteiger partial charge in [-0.25, -0.2) is 4.79 Å². The normalized spacial score (nSPS) is 14.9. The number of thiophene rings is 1. The van der Waals surface area contributed by atoms with Crippen LogP contribution in [0.1, 0.15) is 22.2 Å². The largest absolute Gasteiger partial charge is 0.448 e. The van der Waals surface area contributed by atoms with Crippen LogP contribution in [0.5, 0.6) is 0 Å². The number of rotatable bonds is 3. The Labute approximate surface area is 165 Å². The fourth-order valence-corrected chi connectivity index (χ4v) is 3.50. The van der Waals surface area contributed by atoms with Gasteiger partial charge >= 0.3 is 12.1 Å². The fraction of sp³-hybridized carbons (Fsp3) is 0.235. The van der Waals surface area contributed by atoms with E-state index in [1.54, 1.807) is 0 Å². The van der Waals surface area contributed by atoms with Crippen molar-refractivity contribution >= 4 is 52.1 Å². The second-order valence-electron chi connectivity index (χ2n) is 5.85. The van der Waals surface area contributed by atoms with Crippen LogP contribution in [0.25, 0.3) is 0 Å². The predicted octanol–water partition coefficient (Wildman–Crippen LogP) is 3.95. The number of esters is 1. The van der Waals surface area contributed by atoms with Gasteiger partial charge in [0, 0.05) is 0 Å². The van der Waals surface area contributed by atoms with Crippen molar-refractivity contribution < 1.29 is 32.3 Å². The molecule has 0 bridgehead atoms. The molecule has 28 heavy (non-hydrogen) atoms. The maximum absolute atomic E-state index is 12.9. The smallest absolute Gasteiger partial charge is 0.416 e. The number of carbonyl (C=O) groups is 3. The van der Waals surface area contributed by atoms with Gasteiger partial charge in [0.25, 0.3) is 5.91 Å². The Hall–Kier alpha value is -2.59. The minimum atomic E-state index is -4.60. The highest BCUT2D eigenvalue weighted by Crippen LogP contribution is 2.37. The molecule has 0 aliphatic carbocycles. The molecule has 1 aromatic heterocycles. The highest BCUT2D eigenvalue weighted by Gasteiger charge is 2.35. The first kappa shape index (κ1) is 20.2. The topological polar surface area (TPSA) is 75.7 Å². The minimum Gasteiger partial charge on any atom is -0.448 e. The van der Waals surface area contributed by atoms with Crippen molar-refractivity contribution in [3.63, 3.8) is 0 Å². The van der Waals surface area contributed by atoms with E-state index in [0.717, 1.165) is 34.4 Å². The molecule has 1 atom stereocenters. The van der Waals surface area contributed by atoms with Gasteiger partial charge in [-0.2, -0.15) is 13.2 Å². The van der Waals surface area contributed by atoms with Gasteiger partial charge in [0.2, 0.25) is 5.91 Å². The van der Waals surface area contributed by atoms with Crippen molar-refractivity contribution in [3.8, 4) is 0 Å². The summed E-state index contributed by atoms with van der Waals surface area (Å²) >= 11 is 6.73. The van der Waals surface area contributed by atoms with Crippen molar-refractivity contribution in [3.05, 3.63) is 45.1 Å². The summed E-state index contributed by atoms with van der Waals surface area (Å²) in [6, 6.07) is 5.58. The van der Waals surface area contributed by atoms with Crippen LogP contribution >= 0.6 is 22.9 Å². The molecule has 11 heteroatoms. The Morgan fingerprint density at radius 1 is 1.29 bits per heavy atom. The molecule has 0 radical (unpaired) electrons. The van der Waals surface area contributed by atoms with Gasteiger partial charge < -0.3 is 10.1 Å². The number of nitrogens with one attached hydrogen (secondary N) is 1. The third-order valence-corrected chi connectivity index (χ3v) is 5.07. The van der Waals surface area contributed by atoms with Crippen LogP contribution in [0, 0.1) is 0 Å². The average molecular weight is 433 g/mol. The summed E-state index contributed by atoms with van der Waals surface area (Å²) in [4.78, 5) is 37.8. The van der Waals surface area contributed by atoms with Crippen LogP contribution in [0.3, 0.4) is 0 Å². The number of benzene rings is 1. The molecular formula is C17H12ClF3N2O4S. The van der Waals surface area contributed by atoms with E-state index in [1.165, 1.54) is 19.1 Å². The molecule has 2 amide bonds. The SMILES string of the molecule is CC(OC(=O)c1ccc(Cl)s1)C(=O)N1CC(=O)Nc2cc(C(F)(F)F)ccc21. The lowest BCUT2D eigenvalue weighted by Gasteiger charge is -2.31. The molecule has 2 aromatic rings. The van der Waals surface area contributed by atoms with E-state index in [0.29, 0.717) is 4.34 Å². The minimum absolute atomic E-state index is 0.0830. The number of hydrogen-bond acceptors (Lipinski definition) is 5. The number of hydrogen-bond donors (Lipinski definition) is 1. The molecule has 0 spiro atoms. The van der Waals surface area contributed by atoms with Gasteiger partial charge in [0.15, 0.2) is 6.10 Å². The standard InChI is InChI=1S/C17H12ClF3N2O4S/c1-8(27-16(26)12-4-5-13(18)28-12)15(25)23-7-14(24)22-10-6-9(17(19,20)21)2-3-11(10)23/h2-6,8H,7H2,1H3,(H,22,24). The van der Waals surface area contributed by atoms with Gasteiger partial charge in [0.05, 0.1) is 21.3 Å². The molecule has 148 valence electrons. The molecule has 0 saturated carbocycles. The maximum atomic E-state index is 12.9. The summed E-state index contributed by atoms with van der Waals surface area (Å²) in [6.45, 7) is 0.898. The van der Waals surface area contributed by atoms with E-state index in [9.17, 15) is 27.6 Å². The fourth-order valence-electron chi connectivity index (χ4n) is 2.58. The number of nitrogens with zero attached hydrogens (tertiary/aromatic N) is 1. The van der Waals surface area contributed by atoms with Crippen LogP contribution < -0.4 is 10.2 Å². The van der Waals surface area contributed by atoms with E-state index in [-0.39, 0.29) is 16.3 Å². The molecule has 1 aliphatic rings. The Kier molecular flexibility index (Phi) is 5.35. The van der Waals surface area contributed by atoms with Gasteiger partial charge in [-0.15, -0.1) is 11.3 Å². The van der Waals surface area contributed by atoms with Crippen molar-refractivity contribution in [2.75, 3.05) is 16.8 Å². The molecule has 1 aliphatic heterocycles. The highest BCUT2D eigenvalue weighted by atomic mass is 35.5. The molecule has 0 fully saturated rings. The van der Waals surface area contributed by atoms with Gasteiger partial charge in [-0.1, -0.05) is 11.6 Å². The molecule has 1 N–H and O–H groups in total. The third-order valence-electron chi connectivity index (χ3n) is 3.86. The maximum Gasteiger partial charge on any atom is 0.416 e. The Morgan fingerprint density at radius 3 is 2.61 bits per heavy atom. The zero-order chi connectivity index (χ0) is 20.6. The second kappa shape index (κ2) is 7.44. The number of alkyl halides is 3. The van der Waals surface area contributed by atoms with Crippen LogP contribution in [0.15, 0.2) is 30.3 Å². The van der Waals surface area contributed by atoms with E-state index < -0.39 is 42.2 Å². The number of fused-ring (bicyclic) bond motifs is 1. The van der Waals surface area contributed by atoms with Crippen molar-refractivity contribution in [2.45, 2.75) is 19.2 Å². The molecule has 1 unspecified atom stereocenters. The van der Waals surface area contributed by atoms with Gasteiger partial charge in [-0.05, 0) is 37.3 Å². The molecule has 2 heterocycles. The third kappa shape index (κ3) is 4.12. The van der Waals surface area contributed by atoms with Crippen LogP contribution in [0.2, 0.25) is 4.34 Å². The van der Waals surface area contributed by atoms with Gasteiger partial charge in [0.1, 0.15) is 11.4 Å². The van der Waals surface area contributed by atoms with E-state index in [2.05, 4.69) is 5.32 Å². The van der Waals surface area contributed by atoms with Crippen LogP contribution in [0.4, 0.5) is 24.5 Å². The number of halogens is 4. The number of ether oxygens (including phenoxy) is 1. The Balaban J connectivity index is 1.82. The molecule has 1 aromatic carbocycles. The molecular weight excluding hydrogens is 421 g/mol. The van der Waals surface area contributed by atoms with Gasteiger partial charge in [-0.3, -0.25) is 14.5 Å². The predicted molar refractivity (Wildman–Crippen MR) is 96.6 cm³/mol. The summed E-state index contributed by atoms with van der Waals surface area (Å²) in [7, 11) is 0.